The first-order chi connectivity index (χ1) is 17.2. The molecule has 1 fully saturated rings. The van der Waals surface area contributed by atoms with Crippen molar-refractivity contribution in [2.45, 2.75) is 31.9 Å². The van der Waals surface area contributed by atoms with Crippen molar-refractivity contribution in [1.82, 2.24) is 10.1 Å². The van der Waals surface area contributed by atoms with Gasteiger partial charge in [0.05, 0.1) is 12.7 Å². The minimum Gasteiger partial charge on any atom is -0.493 e. The summed E-state index contributed by atoms with van der Waals surface area (Å²) in [5, 5.41) is 8.34. The lowest BCUT2D eigenvalue weighted by atomic mass is 10.1. The van der Waals surface area contributed by atoms with Gasteiger partial charge in [-0.05, 0) is 52.9 Å². The Hall–Kier alpha value is -3.42. The van der Waals surface area contributed by atoms with Gasteiger partial charge in [0.1, 0.15) is 11.4 Å². The maximum Gasteiger partial charge on any atom is 0.292 e. The first-order valence-electron chi connectivity index (χ1n) is 11.9. The zero-order valence-corrected chi connectivity index (χ0v) is 20.3. The van der Waals surface area contributed by atoms with Crippen LogP contribution in [-0.4, -0.2) is 41.8 Å². The third-order valence-corrected chi connectivity index (χ3v) is 6.77. The summed E-state index contributed by atoms with van der Waals surface area (Å²) in [6.07, 6.45) is 2.86. The molecule has 7 heteroatoms. The molecule has 35 heavy (non-hydrogen) atoms. The highest BCUT2D eigenvalue weighted by Crippen LogP contribution is 2.23. The molecule has 5 rings (SSSR count). The summed E-state index contributed by atoms with van der Waals surface area (Å²) >= 11 is 1.69. The predicted octanol–water partition coefficient (Wildman–Crippen LogP) is 5.85. The maximum absolute atomic E-state index is 13.5. The third-order valence-electron chi connectivity index (χ3n) is 6.04. The van der Waals surface area contributed by atoms with Crippen molar-refractivity contribution in [3.63, 3.8) is 0 Å². The molecule has 3 heterocycles. The van der Waals surface area contributed by atoms with Crippen molar-refractivity contribution in [2.75, 3.05) is 19.8 Å². The fourth-order valence-corrected chi connectivity index (χ4v) is 4.91. The maximum atomic E-state index is 13.5. The van der Waals surface area contributed by atoms with Crippen LogP contribution in [0.15, 0.2) is 82.0 Å². The van der Waals surface area contributed by atoms with Gasteiger partial charge in [-0.3, -0.25) is 4.79 Å². The molecule has 1 aliphatic heterocycles. The molecule has 0 bridgehead atoms. The molecular formula is C28H28N2O4S. The summed E-state index contributed by atoms with van der Waals surface area (Å²) in [5.74, 6) is 0.831. The zero-order valence-electron chi connectivity index (χ0n) is 19.5. The van der Waals surface area contributed by atoms with E-state index >= 15 is 0 Å². The molecule has 1 saturated heterocycles. The normalized spacial score (nSPS) is 15.3. The van der Waals surface area contributed by atoms with Crippen LogP contribution < -0.4 is 4.74 Å². The SMILES string of the molecule is O=C(c1cc(-c2ccccc2)no1)N(Cc1cccc(OCCc2ccsc2)c1)C[C@@H]1CCCO1. The molecule has 0 aliphatic carbocycles. The number of aromatic nitrogens is 1. The molecule has 1 aliphatic rings. The van der Waals surface area contributed by atoms with E-state index in [4.69, 9.17) is 14.0 Å². The van der Waals surface area contributed by atoms with E-state index in [-0.39, 0.29) is 17.8 Å². The molecule has 0 unspecified atom stereocenters. The first kappa shape index (κ1) is 23.3. The molecule has 0 N–H and O–H groups in total. The van der Waals surface area contributed by atoms with Crippen molar-refractivity contribution < 1.29 is 18.8 Å². The molecule has 1 atom stereocenters. The summed E-state index contributed by atoms with van der Waals surface area (Å²) in [4.78, 5) is 15.3. The minimum absolute atomic E-state index is 0.0282. The highest BCUT2D eigenvalue weighted by Gasteiger charge is 2.26. The predicted molar refractivity (Wildman–Crippen MR) is 136 cm³/mol. The molecule has 0 saturated carbocycles. The highest BCUT2D eigenvalue weighted by molar-refractivity contribution is 7.07. The number of rotatable bonds is 10. The van der Waals surface area contributed by atoms with Crippen molar-refractivity contribution in [3.05, 3.63) is 94.4 Å². The number of nitrogens with zero attached hydrogens (tertiary/aromatic N) is 2. The summed E-state index contributed by atoms with van der Waals surface area (Å²) in [6, 6.07) is 21.5. The average molecular weight is 489 g/mol. The highest BCUT2D eigenvalue weighted by atomic mass is 32.1. The molecule has 0 radical (unpaired) electrons. The Morgan fingerprint density at radius 1 is 1.09 bits per heavy atom. The van der Waals surface area contributed by atoms with Gasteiger partial charge in [-0.1, -0.05) is 47.6 Å². The number of benzene rings is 2. The fourth-order valence-electron chi connectivity index (χ4n) is 4.21. The van der Waals surface area contributed by atoms with Crippen LogP contribution in [0.1, 0.15) is 34.5 Å². The van der Waals surface area contributed by atoms with Crippen LogP contribution in [0.4, 0.5) is 0 Å². The number of carbonyl (C=O) groups is 1. The van der Waals surface area contributed by atoms with Gasteiger partial charge in [0.15, 0.2) is 0 Å². The number of hydrogen-bond acceptors (Lipinski definition) is 6. The lowest BCUT2D eigenvalue weighted by molar-refractivity contribution is 0.0477. The average Bonchev–Trinajstić information content (AvgIpc) is 3.67. The van der Waals surface area contributed by atoms with Crippen LogP contribution >= 0.6 is 11.3 Å². The van der Waals surface area contributed by atoms with Crippen molar-refractivity contribution in [3.8, 4) is 17.0 Å². The summed E-state index contributed by atoms with van der Waals surface area (Å²) in [5.41, 5.74) is 3.83. The molecule has 2 aromatic carbocycles. The van der Waals surface area contributed by atoms with Crippen LogP contribution in [0.5, 0.6) is 5.75 Å². The minimum atomic E-state index is -0.195. The van der Waals surface area contributed by atoms with Gasteiger partial charge < -0.3 is 18.9 Å². The third kappa shape index (κ3) is 6.18. The van der Waals surface area contributed by atoms with Gasteiger partial charge in [0.2, 0.25) is 5.76 Å². The molecular weight excluding hydrogens is 460 g/mol. The van der Waals surface area contributed by atoms with Gasteiger partial charge in [-0.2, -0.15) is 11.3 Å². The van der Waals surface area contributed by atoms with Crippen LogP contribution in [0.25, 0.3) is 11.3 Å². The summed E-state index contributed by atoms with van der Waals surface area (Å²) in [7, 11) is 0. The first-order valence-corrected chi connectivity index (χ1v) is 12.8. The van der Waals surface area contributed by atoms with E-state index in [0.717, 1.165) is 42.7 Å². The van der Waals surface area contributed by atoms with Gasteiger partial charge in [0, 0.05) is 37.7 Å². The summed E-state index contributed by atoms with van der Waals surface area (Å²) < 4.78 is 17.3. The largest absolute Gasteiger partial charge is 0.493 e. The Morgan fingerprint density at radius 2 is 2.00 bits per heavy atom. The van der Waals surface area contributed by atoms with E-state index in [1.165, 1.54) is 5.56 Å². The van der Waals surface area contributed by atoms with Gasteiger partial charge in [-0.25, -0.2) is 0 Å². The molecule has 4 aromatic rings. The van der Waals surface area contributed by atoms with Crippen LogP contribution in [0.3, 0.4) is 0 Å². The second kappa shape index (κ2) is 11.3. The van der Waals surface area contributed by atoms with Gasteiger partial charge in [-0.15, -0.1) is 0 Å². The number of amides is 1. The van der Waals surface area contributed by atoms with Crippen molar-refractivity contribution in [1.29, 1.82) is 0 Å². The number of thiophene rings is 1. The van der Waals surface area contributed by atoms with Crippen LogP contribution in [0, 0.1) is 0 Å². The topological polar surface area (TPSA) is 64.8 Å². The lowest BCUT2D eigenvalue weighted by Gasteiger charge is -2.24. The van der Waals surface area contributed by atoms with E-state index in [2.05, 4.69) is 22.0 Å². The van der Waals surface area contributed by atoms with Gasteiger partial charge >= 0.3 is 0 Å². The standard InChI is InChI=1S/C28H28N2O4S/c31-28(27-17-26(29-34-27)23-7-2-1-3-8-23)30(19-25-10-5-13-32-25)18-22-6-4-9-24(16-22)33-14-11-21-12-15-35-20-21/h1-4,6-9,12,15-17,20,25H,5,10-11,13-14,18-19H2/t25-/m0/s1. The number of carbonyl (C=O) groups excluding carboxylic acids is 1. The molecule has 180 valence electrons. The molecule has 6 nitrogen and oxygen atoms in total. The van der Waals surface area contributed by atoms with Crippen LogP contribution in [-0.2, 0) is 17.7 Å². The van der Waals surface area contributed by atoms with E-state index in [1.54, 1.807) is 22.3 Å². The molecule has 2 aromatic heterocycles. The second-order valence-electron chi connectivity index (χ2n) is 8.64. The van der Waals surface area contributed by atoms with Gasteiger partial charge in [0.25, 0.3) is 5.91 Å². The van der Waals surface area contributed by atoms with Crippen LogP contribution in [0.2, 0.25) is 0 Å². The smallest absolute Gasteiger partial charge is 0.292 e. The van der Waals surface area contributed by atoms with E-state index in [9.17, 15) is 4.79 Å². The Bertz CT molecular complexity index is 1220. The van der Waals surface area contributed by atoms with Crippen molar-refractivity contribution >= 4 is 17.2 Å². The van der Waals surface area contributed by atoms with E-state index in [0.29, 0.717) is 25.4 Å². The molecule has 0 spiro atoms. The Balaban J connectivity index is 1.29. The quantitative estimate of drug-likeness (QED) is 0.280. The number of ether oxygens (including phenoxy) is 2. The second-order valence-corrected chi connectivity index (χ2v) is 9.42. The Morgan fingerprint density at radius 3 is 2.80 bits per heavy atom. The fraction of sp³-hybridized carbons (Fsp3) is 0.286. The van der Waals surface area contributed by atoms with E-state index < -0.39 is 0 Å². The van der Waals surface area contributed by atoms with E-state index in [1.807, 2.05) is 54.6 Å². The monoisotopic (exact) mass is 488 g/mol. The zero-order chi connectivity index (χ0) is 23.9. The lowest BCUT2D eigenvalue weighted by Crippen LogP contribution is -2.36. The molecule has 1 amide bonds. The number of hydrogen-bond donors (Lipinski definition) is 0. The van der Waals surface area contributed by atoms with Crippen molar-refractivity contribution in [2.24, 2.45) is 0 Å². The Labute approximate surface area is 209 Å². The summed E-state index contributed by atoms with van der Waals surface area (Å²) in [6.45, 7) is 2.28. The Kier molecular flexibility index (Phi) is 7.56.